The van der Waals surface area contributed by atoms with Gasteiger partial charge in [-0.15, -0.1) is 11.3 Å². The number of nitrogens with one attached hydrogen (secondary N) is 1. The Morgan fingerprint density at radius 3 is 2.35 bits per heavy atom. The number of benzene rings is 2. The maximum atomic E-state index is 12.6. The van der Waals surface area contributed by atoms with Gasteiger partial charge < -0.3 is 5.32 Å². The molecule has 0 saturated carbocycles. The summed E-state index contributed by atoms with van der Waals surface area (Å²) in [5.41, 5.74) is 2.09. The first-order chi connectivity index (χ1) is 14.8. The number of carbonyl (C=O) groups is 1. The van der Waals surface area contributed by atoms with Crippen LogP contribution in [0.2, 0.25) is 5.02 Å². The van der Waals surface area contributed by atoms with Gasteiger partial charge in [0.05, 0.1) is 22.2 Å². The average molecular weight is 478 g/mol. The Kier molecular flexibility index (Phi) is 7.48. The Balaban J connectivity index is 1.70. The van der Waals surface area contributed by atoms with Crippen molar-refractivity contribution in [3.05, 3.63) is 69.7 Å². The normalized spacial score (nSPS) is 11.6. The van der Waals surface area contributed by atoms with Crippen LogP contribution in [0, 0.1) is 6.92 Å². The predicted molar refractivity (Wildman–Crippen MR) is 125 cm³/mol. The molecule has 0 bridgehead atoms. The number of carbonyl (C=O) groups excluding carboxylic acids is 1. The molecule has 1 heterocycles. The van der Waals surface area contributed by atoms with Gasteiger partial charge in [-0.1, -0.05) is 43.6 Å². The Morgan fingerprint density at radius 2 is 1.74 bits per heavy atom. The van der Waals surface area contributed by atoms with Crippen LogP contribution in [0.3, 0.4) is 0 Å². The maximum Gasteiger partial charge on any atom is 0.251 e. The lowest BCUT2D eigenvalue weighted by Crippen LogP contribution is -2.30. The second-order valence-electron chi connectivity index (χ2n) is 6.80. The van der Waals surface area contributed by atoms with Crippen LogP contribution in [0.5, 0.6) is 0 Å². The Bertz CT molecular complexity index is 1170. The molecule has 0 aliphatic rings. The van der Waals surface area contributed by atoms with Gasteiger partial charge in [0.15, 0.2) is 0 Å². The van der Waals surface area contributed by atoms with E-state index in [-0.39, 0.29) is 10.8 Å². The number of aryl methyl sites for hydroxylation is 1. The van der Waals surface area contributed by atoms with Gasteiger partial charge in [-0.2, -0.15) is 4.31 Å². The smallest absolute Gasteiger partial charge is 0.251 e. The second-order valence-corrected chi connectivity index (χ2v) is 10.2. The minimum Gasteiger partial charge on any atom is -0.347 e. The number of rotatable bonds is 8. The van der Waals surface area contributed by atoms with Gasteiger partial charge in [0.1, 0.15) is 5.01 Å². The number of thiazole rings is 1. The number of nitrogens with zero attached hydrogens (tertiary/aromatic N) is 2. The molecule has 31 heavy (non-hydrogen) atoms. The molecule has 1 amide bonds. The molecule has 6 nitrogen and oxygen atoms in total. The molecule has 0 aliphatic heterocycles. The van der Waals surface area contributed by atoms with Crippen LogP contribution in [-0.2, 0) is 16.6 Å². The van der Waals surface area contributed by atoms with Crippen LogP contribution < -0.4 is 5.32 Å². The molecule has 1 N–H and O–H groups in total. The van der Waals surface area contributed by atoms with Crippen molar-refractivity contribution >= 4 is 38.9 Å². The van der Waals surface area contributed by atoms with Crippen molar-refractivity contribution in [3.63, 3.8) is 0 Å². The van der Waals surface area contributed by atoms with Crippen molar-refractivity contribution in [1.29, 1.82) is 0 Å². The number of sulfonamides is 1. The molecular formula is C22H24ClN3O3S2. The molecule has 0 spiro atoms. The van der Waals surface area contributed by atoms with Crippen molar-refractivity contribution in [3.8, 4) is 10.6 Å². The lowest BCUT2D eigenvalue weighted by Gasteiger charge is -2.18. The fourth-order valence-electron chi connectivity index (χ4n) is 3.10. The van der Waals surface area contributed by atoms with E-state index in [0.29, 0.717) is 30.2 Å². The van der Waals surface area contributed by atoms with E-state index in [4.69, 9.17) is 11.6 Å². The average Bonchev–Trinajstić information content (AvgIpc) is 3.13. The third kappa shape index (κ3) is 5.15. The molecule has 1 aromatic heterocycles. The summed E-state index contributed by atoms with van der Waals surface area (Å²) >= 11 is 7.74. The van der Waals surface area contributed by atoms with E-state index < -0.39 is 10.0 Å². The van der Waals surface area contributed by atoms with Crippen molar-refractivity contribution in [1.82, 2.24) is 14.6 Å². The Morgan fingerprint density at radius 1 is 1.10 bits per heavy atom. The fourth-order valence-corrected chi connectivity index (χ4v) is 5.88. The molecule has 0 saturated heterocycles. The third-order valence-corrected chi connectivity index (χ3v) is 8.45. The molecule has 164 valence electrons. The van der Waals surface area contributed by atoms with Crippen LogP contribution in [0.25, 0.3) is 10.6 Å². The van der Waals surface area contributed by atoms with E-state index in [1.165, 1.54) is 39.9 Å². The predicted octanol–water partition coefficient (Wildman–Crippen LogP) is 4.73. The first-order valence-corrected chi connectivity index (χ1v) is 12.5. The van der Waals surface area contributed by atoms with Gasteiger partial charge in [-0.3, -0.25) is 4.79 Å². The van der Waals surface area contributed by atoms with Crippen LogP contribution in [0.1, 0.15) is 34.8 Å². The summed E-state index contributed by atoms with van der Waals surface area (Å²) in [6.45, 7) is 6.59. The van der Waals surface area contributed by atoms with Crippen LogP contribution in [-0.4, -0.2) is 36.7 Å². The summed E-state index contributed by atoms with van der Waals surface area (Å²) in [5.74, 6) is -0.279. The zero-order chi connectivity index (χ0) is 22.6. The third-order valence-electron chi connectivity index (χ3n) is 4.87. The number of hydrogen-bond donors (Lipinski definition) is 1. The van der Waals surface area contributed by atoms with Gasteiger partial charge in [-0.25, -0.2) is 13.4 Å². The van der Waals surface area contributed by atoms with Crippen LogP contribution in [0.4, 0.5) is 0 Å². The Hall–Kier alpha value is -2.26. The van der Waals surface area contributed by atoms with Crippen LogP contribution >= 0.6 is 22.9 Å². The first kappa shape index (κ1) is 23.4. The van der Waals surface area contributed by atoms with Gasteiger partial charge in [-0.05, 0) is 37.3 Å². The minimum absolute atomic E-state index is 0.176. The van der Waals surface area contributed by atoms with E-state index in [9.17, 15) is 13.2 Å². The highest BCUT2D eigenvalue weighted by molar-refractivity contribution is 7.89. The summed E-state index contributed by atoms with van der Waals surface area (Å²) in [6, 6.07) is 13.5. The van der Waals surface area contributed by atoms with Crippen LogP contribution in [0.15, 0.2) is 53.4 Å². The van der Waals surface area contributed by atoms with Crippen molar-refractivity contribution in [2.24, 2.45) is 0 Å². The highest BCUT2D eigenvalue weighted by Crippen LogP contribution is 2.32. The zero-order valence-electron chi connectivity index (χ0n) is 17.6. The highest BCUT2D eigenvalue weighted by atomic mass is 35.5. The number of halogens is 1. The molecule has 0 radical (unpaired) electrons. The lowest BCUT2D eigenvalue weighted by atomic mass is 10.2. The largest absolute Gasteiger partial charge is 0.347 e. The molecule has 0 aliphatic carbocycles. The van der Waals surface area contributed by atoms with Gasteiger partial charge >= 0.3 is 0 Å². The molecule has 2 aromatic carbocycles. The summed E-state index contributed by atoms with van der Waals surface area (Å²) in [4.78, 5) is 18.2. The molecule has 3 rings (SSSR count). The molecule has 0 fully saturated rings. The van der Waals surface area contributed by atoms with Gasteiger partial charge in [0, 0.05) is 29.1 Å². The summed E-state index contributed by atoms with van der Waals surface area (Å²) in [5, 5.41) is 4.31. The first-order valence-electron chi connectivity index (χ1n) is 9.87. The molecular weight excluding hydrogens is 454 g/mol. The summed E-state index contributed by atoms with van der Waals surface area (Å²) in [6.07, 6.45) is 0. The number of hydrogen-bond acceptors (Lipinski definition) is 5. The highest BCUT2D eigenvalue weighted by Gasteiger charge is 2.21. The van der Waals surface area contributed by atoms with E-state index in [1.54, 1.807) is 13.8 Å². The zero-order valence-corrected chi connectivity index (χ0v) is 19.9. The monoisotopic (exact) mass is 477 g/mol. The van der Waals surface area contributed by atoms with Crippen molar-refractivity contribution in [2.45, 2.75) is 32.2 Å². The molecule has 0 unspecified atom stereocenters. The van der Waals surface area contributed by atoms with Gasteiger partial charge in [0.25, 0.3) is 5.91 Å². The van der Waals surface area contributed by atoms with Gasteiger partial charge in [0.2, 0.25) is 10.0 Å². The lowest BCUT2D eigenvalue weighted by molar-refractivity contribution is 0.0951. The SMILES string of the molecule is CCN(CC)S(=O)(=O)c1ccc(C(=O)NCc2sc(-c3ccccc3Cl)nc2C)cc1. The van der Waals surface area contributed by atoms with E-state index >= 15 is 0 Å². The number of aromatic nitrogens is 1. The maximum absolute atomic E-state index is 12.6. The second kappa shape index (κ2) is 9.91. The van der Waals surface area contributed by atoms with E-state index in [2.05, 4.69) is 10.3 Å². The summed E-state index contributed by atoms with van der Waals surface area (Å²) < 4.78 is 26.5. The minimum atomic E-state index is -3.55. The molecule has 9 heteroatoms. The number of amides is 1. The fraction of sp³-hybridized carbons (Fsp3) is 0.273. The topological polar surface area (TPSA) is 79.4 Å². The standard InChI is InChI=1S/C22H24ClN3O3S2/c1-4-26(5-2)31(28,29)17-12-10-16(11-13-17)21(27)24-14-20-15(3)25-22(30-20)18-8-6-7-9-19(18)23/h6-13H,4-5,14H2,1-3H3,(H,24,27). The van der Waals surface area contributed by atoms with Crippen molar-refractivity contribution < 1.29 is 13.2 Å². The van der Waals surface area contributed by atoms with E-state index in [1.807, 2.05) is 31.2 Å². The van der Waals surface area contributed by atoms with Crippen molar-refractivity contribution in [2.75, 3.05) is 13.1 Å². The van der Waals surface area contributed by atoms with E-state index in [0.717, 1.165) is 21.1 Å². The summed E-state index contributed by atoms with van der Waals surface area (Å²) in [7, 11) is -3.55. The Labute approximate surface area is 191 Å². The molecule has 3 aromatic rings. The molecule has 0 atom stereocenters. The quantitative estimate of drug-likeness (QED) is 0.508.